The zero-order chi connectivity index (χ0) is 10.3. The van der Waals surface area contributed by atoms with Gasteiger partial charge in [0.2, 0.25) is 11.8 Å². The molecule has 0 aliphatic carbocycles. The fraction of sp³-hybridized carbons (Fsp3) is 0.778. The van der Waals surface area contributed by atoms with Gasteiger partial charge in [-0.2, -0.15) is 0 Å². The highest BCUT2D eigenvalue weighted by atomic mass is 16.2. The van der Waals surface area contributed by atoms with Crippen LogP contribution < -0.4 is 5.32 Å². The first kappa shape index (κ1) is 12.1. The highest BCUT2D eigenvalue weighted by molar-refractivity contribution is 5.92. The third-order valence-corrected chi connectivity index (χ3v) is 1.68. The van der Waals surface area contributed by atoms with Gasteiger partial charge in [-0.25, -0.2) is 0 Å². The van der Waals surface area contributed by atoms with Crippen LogP contribution >= 0.6 is 0 Å². The summed E-state index contributed by atoms with van der Waals surface area (Å²) in [6.45, 7) is 5.22. The van der Waals surface area contributed by atoms with Gasteiger partial charge in [0.1, 0.15) is 0 Å². The molecule has 0 saturated carbocycles. The zero-order valence-electron chi connectivity index (χ0n) is 8.59. The number of hydrogen-bond acceptors (Lipinski definition) is 3. The Bertz CT molecular complexity index is 162. The third-order valence-electron chi connectivity index (χ3n) is 1.68. The standard InChI is InChI=1S/C5H11N.C4H7NO2/c1-6-4-2-3-5-6;1-3(6)5-4(2)7/h2-5H2,1H3;1-2H3,(H,5,6,7). The second-order valence-corrected chi connectivity index (χ2v) is 3.25. The van der Waals surface area contributed by atoms with E-state index in [1.165, 1.54) is 39.8 Å². The number of carbonyl (C=O) groups is 2. The summed E-state index contributed by atoms with van der Waals surface area (Å²) in [4.78, 5) is 22.2. The van der Waals surface area contributed by atoms with E-state index in [4.69, 9.17) is 0 Å². The van der Waals surface area contributed by atoms with Crippen LogP contribution in [0.4, 0.5) is 0 Å². The summed E-state index contributed by atoms with van der Waals surface area (Å²) in [7, 11) is 2.17. The molecule has 1 fully saturated rings. The van der Waals surface area contributed by atoms with E-state index in [0.29, 0.717) is 0 Å². The Morgan fingerprint density at radius 2 is 1.46 bits per heavy atom. The van der Waals surface area contributed by atoms with Gasteiger partial charge >= 0.3 is 0 Å². The van der Waals surface area contributed by atoms with E-state index in [9.17, 15) is 9.59 Å². The molecule has 1 N–H and O–H groups in total. The lowest BCUT2D eigenvalue weighted by Gasteiger charge is -2.01. The van der Waals surface area contributed by atoms with E-state index in [-0.39, 0.29) is 11.8 Å². The highest BCUT2D eigenvalue weighted by Crippen LogP contribution is 2.01. The number of likely N-dealkylation sites (tertiary alicyclic amines) is 1. The van der Waals surface area contributed by atoms with Crippen molar-refractivity contribution in [3.05, 3.63) is 0 Å². The van der Waals surface area contributed by atoms with Gasteiger partial charge in [0.05, 0.1) is 0 Å². The average Bonchev–Trinajstić information content (AvgIpc) is 2.37. The van der Waals surface area contributed by atoms with Crippen molar-refractivity contribution in [2.24, 2.45) is 0 Å². The van der Waals surface area contributed by atoms with Crippen LogP contribution in [0.25, 0.3) is 0 Å². The van der Waals surface area contributed by atoms with Crippen molar-refractivity contribution < 1.29 is 9.59 Å². The predicted molar refractivity (Wildman–Crippen MR) is 51.2 cm³/mol. The third kappa shape index (κ3) is 9.01. The Labute approximate surface area is 79.3 Å². The predicted octanol–water partition coefficient (Wildman–Crippen LogP) is 0.381. The molecule has 0 unspecified atom stereocenters. The van der Waals surface area contributed by atoms with Crippen LogP contribution in [-0.4, -0.2) is 36.9 Å². The molecule has 1 saturated heterocycles. The van der Waals surface area contributed by atoms with Gasteiger partial charge in [0, 0.05) is 13.8 Å². The molecular weight excluding hydrogens is 168 g/mol. The Morgan fingerprint density at radius 1 is 1.08 bits per heavy atom. The van der Waals surface area contributed by atoms with Gasteiger partial charge in [-0.05, 0) is 33.0 Å². The lowest BCUT2D eigenvalue weighted by molar-refractivity contribution is -0.127. The number of imide groups is 1. The second-order valence-electron chi connectivity index (χ2n) is 3.25. The molecule has 76 valence electrons. The fourth-order valence-corrected chi connectivity index (χ4v) is 1.12. The molecule has 0 atom stereocenters. The number of carbonyl (C=O) groups excluding carboxylic acids is 2. The number of nitrogens with one attached hydrogen (secondary N) is 1. The van der Waals surface area contributed by atoms with Crippen molar-refractivity contribution >= 4 is 11.8 Å². The highest BCUT2D eigenvalue weighted by Gasteiger charge is 2.03. The van der Waals surface area contributed by atoms with Gasteiger partial charge in [-0.3, -0.25) is 14.9 Å². The van der Waals surface area contributed by atoms with Crippen LogP contribution in [0.3, 0.4) is 0 Å². The van der Waals surface area contributed by atoms with E-state index in [0.717, 1.165) is 0 Å². The van der Waals surface area contributed by atoms with Crippen LogP contribution in [-0.2, 0) is 9.59 Å². The molecule has 1 aliphatic rings. The minimum absolute atomic E-state index is 0.312. The van der Waals surface area contributed by atoms with Crippen molar-refractivity contribution in [1.82, 2.24) is 10.2 Å². The molecule has 4 heteroatoms. The number of nitrogens with zero attached hydrogens (tertiary/aromatic N) is 1. The molecule has 0 aromatic carbocycles. The molecule has 4 nitrogen and oxygen atoms in total. The summed E-state index contributed by atoms with van der Waals surface area (Å²) in [6.07, 6.45) is 2.83. The Balaban J connectivity index is 0.000000223. The molecule has 2 amide bonds. The van der Waals surface area contributed by atoms with Crippen LogP contribution in [0.15, 0.2) is 0 Å². The molecule has 0 aromatic heterocycles. The van der Waals surface area contributed by atoms with Crippen molar-refractivity contribution in [2.45, 2.75) is 26.7 Å². The van der Waals surface area contributed by atoms with E-state index in [1.54, 1.807) is 0 Å². The summed E-state index contributed by atoms with van der Waals surface area (Å²) >= 11 is 0. The first-order valence-corrected chi connectivity index (χ1v) is 4.49. The Morgan fingerprint density at radius 3 is 1.54 bits per heavy atom. The minimum Gasteiger partial charge on any atom is -0.306 e. The van der Waals surface area contributed by atoms with E-state index in [1.807, 2.05) is 5.32 Å². The molecule has 13 heavy (non-hydrogen) atoms. The molecule has 0 radical (unpaired) electrons. The topological polar surface area (TPSA) is 49.4 Å². The first-order valence-electron chi connectivity index (χ1n) is 4.49. The normalized spacial score (nSPS) is 15.9. The maximum atomic E-state index is 9.92. The molecule has 0 aromatic rings. The van der Waals surface area contributed by atoms with Crippen molar-refractivity contribution in [3.63, 3.8) is 0 Å². The lowest BCUT2D eigenvalue weighted by Crippen LogP contribution is -2.24. The summed E-state index contributed by atoms with van der Waals surface area (Å²) in [5, 5.41) is 2.03. The maximum Gasteiger partial charge on any atom is 0.223 e. The largest absolute Gasteiger partial charge is 0.306 e. The summed E-state index contributed by atoms with van der Waals surface area (Å²) < 4.78 is 0. The van der Waals surface area contributed by atoms with Gasteiger partial charge in [0.15, 0.2) is 0 Å². The van der Waals surface area contributed by atoms with Crippen LogP contribution in [0.5, 0.6) is 0 Å². The average molecular weight is 186 g/mol. The molecule has 0 bridgehead atoms. The van der Waals surface area contributed by atoms with Gasteiger partial charge in [-0.1, -0.05) is 0 Å². The van der Waals surface area contributed by atoms with Crippen LogP contribution in [0.1, 0.15) is 26.7 Å². The Kier molecular flexibility index (Phi) is 6.14. The molecular formula is C9H18N2O2. The molecule has 0 spiro atoms. The van der Waals surface area contributed by atoms with Crippen molar-refractivity contribution in [3.8, 4) is 0 Å². The number of hydrogen-bond donors (Lipinski definition) is 1. The van der Waals surface area contributed by atoms with Gasteiger partial charge in [-0.15, -0.1) is 0 Å². The SMILES string of the molecule is CC(=O)NC(C)=O.CN1CCCC1. The first-order chi connectivity index (χ1) is 6.02. The van der Waals surface area contributed by atoms with Gasteiger partial charge < -0.3 is 4.90 Å². The maximum absolute atomic E-state index is 9.92. The smallest absolute Gasteiger partial charge is 0.223 e. The molecule has 1 rings (SSSR count). The minimum atomic E-state index is -0.312. The van der Waals surface area contributed by atoms with E-state index >= 15 is 0 Å². The summed E-state index contributed by atoms with van der Waals surface area (Å²) in [5.41, 5.74) is 0. The van der Waals surface area contributed by atoms with E-state index in [2.05, 4.69) is 11.9 Å². The fourth-order valence-electron chi connectivity index (χ4n) is 1.12. The monoisotopic (exact) mass is 186 g/mol. The molecule has 1 aliphatic heterocycles. The Hall–Kier alpha value is -0.900. The van der Waals surface area contributed by atoms with Crippen LogP contribution in [0, 0.1) is 0 Å². The number of amides is 2. The van der Waals surface area contributed by atoms with Crippen molar-refractivity contribution in [1.29, 1.82) is 0 Å². The summed E-state index contributed by atoms with van der Waals surface area (Å²) in [5.74, 6) is -0.625. The van der Waals surface area contributed by atoms with E-state index < -0.39 is 0 Å². The number of rotatable bonds is 0. The lowest BCUT2D eigenvalue weighted by atomic mass is 10.4. The zero-order valence-corrected chi connectivity index (χ0v) is 8.59. The quantitative estimate of drug-likeness (QED) is 0.595. The second kappa shape index (κ2) is 6.60. The van der Waals surface area contributed by atoms with Crippen LogP contribution in [0.2, 0.25) is 0 Å². The summed E-state index contributed by atoms with van der Waals surface area (Å²) in [6, 6.07) is 0. The molecule has 1 heterocycles. The van der Waals surface area contributed by atoms with Gasteiger partial charge in [0.25, 0.3) is 0 Å². The van der Waals surface area contributed by atoms with Crippen molar-refractivity contribution in [2.75, 3.05) is 20.1 Å².